The molecule has 0 aliphatic carbocycles. The second-order valence-corrected chi connectivity index (χ2v) is 18.3. The van der Waals surface area contributed by atoms with Gasteiger partial charge in [-0.2, -0.15) is 0 Å². The van der Waals surface area contributed by atoms with Gasteiger partial charge in [-0.25, -0.2) is 4.57 Å². The van der Waals surface area contributed by atoms with Crippen molar-refractivity contribution in [2.24, 2.45) is 0 Å². The topological polar surface area (TPSA) is 155 Å². The van der Waals surface area contributed by atoms with Gasteiger partial charge in [0.1, 0.15) is 12.7 Å². The van der Waals surface area contributed by atoms with Gasteiger partial charge in [0.25, 0.3) is 0 Å². The van der Waals surface area contributed by atoms with Crippen molar-refractivity contribution in [3.63, 3.8) is 0 Å². The van der Waals surface area contributed by atoms with Gasteiger partial charge in [-0.1, -0.05) is 179 Å². The van der Waals surface area contributed by atoms with Crippen molar-refractivity contribution in [3.05, 3.63) is 146 Å². The Hall–Kier alpha value is -4.64. The van der Waals surface area contributed by atoms with Crippen molar-refractivity contribution in [3.8, 4) is 0 Å². The van der Waals surface area contributed by atoms with E-state index >= 15 is 0 Å². The summed E-state index contributed by atoms with van der Waals surface area (Å²) in [5, 5.41) is 9.77. The van der Waals surface area contributed by atoms with Crippen LogP contribution >= 0.6 is 7.82 Å². The summed E-state index contributed by atoms with van der Waals surface area (Å²) in [5.41, 5.74) is 0. The summed E-state index contributed by atoms with van der Waals surface area (Å²) >= 11 is 0. The van der Waals surface area contributed by atoms with Crippen LogP contribution in [0.15, 0.2) is 146 Å². The van der Waals surface area contributed by atoms with Crippen molar-refractivity contribution < 1.29 is 52.2 Å². The summed E-state index contributed by atoms with van der Waals surface area (Å²) in [6, 6.07) is 0. The fourth-order valence-corrected chi connectivity index (χ4v) is 7.07. The molecule has 0 spiro atoms. The van der Waals surface area contributed by atoms with Crippen LogP contribution in [0.25, 0.3) is 0 Å². The summed E-state index contributed by atoms with van der Waals surface area (Å²) in [6.07, 6.45) is 66.9. The summed E-state index contributed by atoms with van der Waals surface area (Å²) in [7, 11) is -4.79. The molecule has 0 aliphatic heterocycles. The third-order valence-electron chi connectivity index (χ3n) is 10.3. The maximum atomic E-state index is 12.9. The van der Waals surface area contributed by atoms with E-state index in [0.717, 1.165) is 116 Å². The quantitative estimate of drug-likeness (QED) is 0.0197. The molecule has 0 radical (unpaired) electrons. The number of aliphatic hydroxyl groups excluding tert-OH is 1. The van der Waals surface area contributed by atoms with Crippen LogP contribution in [-0.2, 0) is 42.2 Å². The van der Waals surface area contributed by atoms with Gasteiger partial charge in [-0.05, 0) is 122 Å². The normalized spacial score (nSPS) is 14.6. The van der Waals surface area contributed by atoms with Crippen molar-refractivity contribution >= 4 is 25.7 Å². The fraction of sp³-hybridized carbons (Fsp3) is 0.550. The van der Waals surface area contributed by atoms with Crippen LogP contribution < -0.4 is 0 Å². The molecule has 0 saturated carbocycles. The molecule has 72 heavy (non-hydrogen) atoms. The van der Waals surface area contributed by atoms with Gasteiger partial charge in [0.15, 0.2) is 6.10 Å². The van der Waals surface area contributed by atoms with Gasteiger partial charge < -0.3 is 24.2 Å². The van der Waals surface area contributed by atoms with E-state index in [1.54, 1.807) is 0 Å². The Morgan fingerprint density at radius 1 is 0.389 bits per heavy atom. The number of allylic oxidation sites excluding steroid dienone is 24. The number of hydrogen-bond acceptors (Lipinski definition) is 10. The molecule has 0 heterocycles. The number of carbonyl (C=O) groups is 3. The first-order valence-corrected chi connectivity index (χ1v) is 28.2. The average molecular weight is 1020 g/mol. The Morgan fingerprint density at radius 2 is 0.708 bits per heavy atom. The molecule has 12 heteroatoms. The molecule has 0 fully saturated rings. The number of phosphoric acid groups is 1. The van der Waals surface area contributed by atoms with E-state index in [-0.39, 0.29) is 25.9 Å². The van der Waals surface area contributed by atoms with Crippen molar-refractivity contribution in [2.45, 2.75) is 187 Å². The monoisotopic (exact) mass is 1020 g/mol. The molecule has 0 saturated heterocycles. The SMILES string of the molecule is CC/C=C\C/C=C\C/C=C\C/C=C\C/C=C\CCCCCC(=O)OC(COC(=O)CCCCC/C=C\C/C=C\C/C=C\CC)COP(=O)(O)OCC(CO)OC(=O)CC/C=C\C/C=C\C/C=C\C/C=C\CC. The Balaban J connectivity index is 4.92. The average Bonchev–Trinajstić information content (AvgIpc) is 3.37. The van der Waals surface area contributed by atoms with Crippen LogP contribution in [0.1, 0.15) is 175 Å². The number of esters is 3. The van der Waals surface area contributed by atoms with Crippen LogP contribution in [0.5, 0.6) is 0 Å². The zero-order chi connectivity index (χ0) is 52.7. The molecule has 0 rings (SSSR count). The van der Waals surface area contributed by atoms with E-state index < -0.39 is 57.8 Å². The highest BCUT2D eigenvalue weighted by Crippen LogP contribution is 2.43. The summed E-state index contributed by atoms with van der Waals surface area (Å²) < 4.78 is 39.3. The second kappa shape index (κ2) is 52.7. The number of aliphatic hydroxyl groups is 1. The van der Waals surface area contributed by atoms with E-state index in [9.17, 15) is 28.9 Å². The predicted octanol–water partition coefficient (Wildman–Crippen LogP) is 15.6. The van der Waals surface area contributed by atoms with E-state index in [4.69, 9.17) is 23.3 Å². The van der Waals surface area contributed by atoms with Gasteiger partial charge in [-0.3, -0.25) is 23.4 Å². The van der Waals surface area contributed by atoms with Gasteiger partial charge in [0.2, 0.25) is 0 Å². The van der Waals surface area contributed by atoms with Gasteiger partial charge >= 0.3 is 25.7 Å². The minimum Gasteiger partial charge on any atom is -0.462 e. The minimum absolute atomic E-state index is 0.0429. The zero-order valence-electron chi connectivity index (χ0n) is 44.3. The van der Waals surface area contributed by atoms with Crippen LogP contribution in [0.3, 0.4) is 0 Å². The molecular formula is C60H93O11P. The Kier molecular flexibility index (Phi) is 49.3. The van der Waals surface area contributed by atoms with Crippen molar-refractivity contribution in [1.82, 2.24) is 0 Å². The molecule has 0 aromatic rings. The molecule has 3 unspecified atom stereocenters. The Labute approximate surface area is 435 Å². The zero-order valence-corrected chi connectivity index (χ0v) is 45.2. The first-order valence-electron chi connectivity index (χ1n) is 26.7. The maximum Gasteiger partial charge on any atom is 0.472 e. The first kappa shape index (κ1) is 67.4. The van der Waals surface area contributed by atoms with Crippen molar-refractivity contribution in [2.75, 3.05) is 26.4 Å². The third kappa shape index (κ3) is 50.3. The fourth-order valence-electron chi connectivity index (χ4n) is 6.29. The van der Waals surface area contributed by atoms with Crippen LogP contribution in [0.2, 0.25) is 0 Å². The maximum absolute atomic E-state index is 12.9. The lowest BCUT2D eigenvalue weighted by Gasteiger charge is -2.21. The molecule has 11 nitrogen and oxygen atoms in total. The number of ether oxygens (including phenoxy) is 3. The van der Waals surface area contributed by atoms with E-state index in [0.29, 0.717) is 19.3 Å². The summed E-state index contributed by atoms with van der Waals surface area (Å²) in [4.78, 5) is 48.3. The van der Waals surface area contributed by atoms with Crippen LogP contribution in [0.4, 0.5) is 0 Å². The highest BCUT2D eigenvalue weighted by molar-refractivity contribution is 7.47. The number of phosphoric ester groups is 1. The molecule has 0 bridgehead atoms. The van der Waals surface area contributed by atoms with Gasteiger partial charge in [-0.15, -0.1) is 0 Å². The van der Waals surface area contributed by atoms with E-state index in [1.165, 1.54) is 0 Å². The Morgan fingerprint density at radius 3 is 1.10 bits per heavy atom. The summed E-state index contributed by atoms with van der Waals surface area (Å²) in [5.74, 6) is -1.65. The number of unbranched alkanes of at least 4 members (excludes halogenated alkanes) is 6. The van der Waals surface area contributed by atoms with Gasteiger partial charge in [0.05, 0.1) is 19.8 Å². The lowest BCUT2D eigenvalue weighted by Crippen LogP contribution is -2.30. The minimum atomic E-state index is -4.79. The first-order chi connectivity index (χ1) is 35.2. The molecule has 404 valence electrons. The van der Waals surface area contributed by atoms with Crippen molar-refractivity contribution in [1.29, 1.82) is 0 Å². The smallest absolute Gasteiger partial charge is 0.462 e. The lowest BCUT2D eigenvalue weighted by atomic mass is 10.1. The summed E-state index contributed by atoms with van der Waals surface area (Å²) in [6.45, 7) is 4.10. The predicted molar refractivity (Wildman–Crippen MR) is 297 cm³/mol. The second-order valence-electron chi connectivity index (χ2n) is 16.9. The molecule has 0 aromatic heterocycles. The molecule has 2 N–H and O–H groups in total. The molecular weight excluding hydrogens is 928 g/mol. The molecule has 0 amide bonds. The Bertz CT molecular complexity index is 1760. The lowest BCUT2D eigenvalue weighted by molar-refractivity contribution is -0.161. The molecule has 0 aromatic carbocycles. The highest BCUT2D eigenvalue weighted by atomic mass is 31.2. The van der Waals surface area contributed by atoms with Crippen LogP contribution in [0, 0.1) is 0 Å². The standard InChI is InChI=1S/C60H93O11P/c1-4-7-10-13-16-19-22-25-26-27-28-29-30-33-36-39-42-45-48-51-60(64)71-57(53-67-58(62)49-46-43-40-37-34-31-23-20-17-14-11-8-5-2)55-69-72(65,66)68-54-56(52-61)70-59(63)50-47-44-41-38-35-32-24-21-18-15-12-9-6-3/h7-12,16-21,25-26,28-29,31-36,41,44,56-57,61H,4-6,13-15,22-24,27,30,37-40,42-43,45-55H2,1-3H3,(H,65,66)/b10-7-,11-8-,12-9-,19-16-,20-17-,21-18-,26-25-,29-28-,34-31-,35-32-,36-33-,44-41-. The molecule has 3 atom stereocenters. The van der Waals surface area contributed by atoms with E-state index in [2.05, 4.69) is 148 Å². The number of carbonyl (C=O) groups excluding carboxylic acids is 3. The largest absolute Gasteiger partial charge is 0.472 e. The van der Waals surface area contributed by atoms with Crippen LogP contribution in [-0.4, -0.2) is 66.5 Å². The number of rotatable bonds is 47. The molecule has 0 aliphatic rings. The van der Waals surface area contributed by atoms with E-state index in [1.807, 2.05) is 18.2 Å². The number of hydrogen-bond donors (Lipinski definition) is 2. The third-order valence-corrected chi connectivity index (χ3v) is 11.2. The van der Waals surface area contributed by atoms with Gasteiger partial charge in [0, 0.05) is 19.3 Å². The highest BCUT2D eigenvalue weighted by Gasteiger charge is 2.28.